The lowest BCUT2D eigenvalue weighted by atomic mass is 10.1. The van der Waals surface area contributed by atoms with E-state index in [0.717, 1.165) is 51.4 Å². The van der Waals surface area contributed by atoms with E-state index < -0.39 is 0 Å². The molecule has 0 spiro atoms. The normalized spacial score (nSPS) is 11.6. The van der Waals surface area contributed by atoms with Crippen LogP contribution in [0.25, 0.3) is 46.4 Å². The van der Waals surface area contributed by atoms with Gasteiger partial charge in [0.05, 0.1) is 22.8 Å². The minimum Gasteiger partial charge on any atom is -0.355 e. The Hall–Kier alpha value is -3.21. The monoisotopic (exact) mass is 546 g/mol. The molecular weight excluding hydrogens is 504 g/mol. The molecule has 0 unspecified atom stereocenters. The van der Waals surface area contributed by atoms with Crippen LogP contribution in [0.1, 0.15) is 81.1 Å². The van der Waals surface area contributed by atoms with Gasteiger partial charge in [-0.2, -0.15) is 24.6 Å². The summed E-state index contributed by atoms with van der Waals surface area (Å²) < 4.78 is 0. The number of hydrogen-bond donors (Lipinski definition) is 6. The van der Waals surface area contributed by atoms with Crippen LogP contribution in [-0.4, -0.2) is 26.5 Å². The van der Waals surface area contributed by atoms with Gasteiger partial charge in [0.15, 0.2) is 0 Å². The highest BCUT2D eigenvalue weighted by molar-refractivity contribution is 7.59. The van der Waals surface area contributed by atoms with E-state index in [1.54, 1.807) is 0 Å². The fourth-order valence-corrected chi connectivity index (χ4v) is 4.40. The Bertz CT molecular complexity index is 1190. The first-order chi connectivity index (χ1) is 18.7. The van der Waals surface area contributed by atoms with Crippen LogP contribution < -0.4 is 22.3 Å². The molecule has 5 heterocycles. The first-order valence-corrected chi connectivity index (χ1v) is 13.7. The first kappa shape index (κ1) is 30.3. The van der Waals surface area contributed by atoms with Crippen LogP contribution in [0.4, 0.5) is 0 Å². The van der Waals surface area contributed by atoms with Crippen LogP contribution in [0.5, 0.6) is 0 Å². The molecule has 3 aromatic heterocycles. The molecule has 8 nitrogen and oxygen atoms in total. The molecule has 0 saturated heterocycles. The van der Waals surface area contributed by atoms with Crippen LogP contribution in [0.2, 0.25) is 0 Å². The van der Waals surface area contributed by atoms with Crippen LogP contribution in [0.15, 0.2) is 48.5 Å². The van der Waals surface area contributed by atoms with E-state index >= 15 is 0 Å². The molecule has 0 saturated carbocycles. The second kappa shape index (κ2) is 16.7. The molecule has 0 fully saturated rings. The van der Waals surface area contributed by atoms with E-state index in [1.807, 2.05) is 48.6 Å². The summed E-state index contributed by atoms with van der Waals surface area (Å²) in [6.45, 7) is 3.23. The zero-order valence-electron chi connectivity index (χ0n) is 22.8. The number of aromatic amines is 2. The summed E-state index contributed by atoms with van der Waals surface area (Å²) in [5, 5.41) is 0. The summed E-state index contributed by atoms with van der Waals surface area (Å²) in [5.74, 6) is 5.01. The molecule has 9 heteroatoms. The quantitative estimate of drug-likeness (QED) is 0.0651. The number of hydrogen-bond acceptors (Lipinski definition) is 6. The first-order valence-electron chi connectivity index (χ1n) is 13.7. The van der Waals surface area contributed by atoms with Crippen molar-refractivity contribution in [2.24, 2.45) is 5.84 Å². The SMILES string of the molecule is C1=Cc2cc3ccc(cc4nc(cc5ccc(cc1n2)[nH]5)C=C4)[nH]3.CCCCCCCCCCNNNN.S. The van der Waals surface area contributed by atoms with Gasteiger partial charge in [-0.15, -0.1) is 0 Å². The predicted octanol–water partition coefficient (Wildman–Crippen LogP) is 6.37. The maximum atomic E-state index is 5.01. The standard InChI is InChI=1S/C20H14N4.C10H26N4.H2S/c1-2-14-10-16-5-6-18(23-16)12-20-8-7-19(24-20)11-17-4-3-15(22-17)9-13(1)21-14;1-2-3-4-5-6-7-8-9-10-12-14-13-11;/h1-12,21,24H;12-14H,2-11H2,1H3;1H2. The van der Waals surface area contributed by atoms with Crippen molar-refractivity contribution in [3.63, 3.8) is 0 Å². The number of aromatic nitrogens is 4. The van der Waals surface area contributed by atoms with Gasteiger partial charge in [0.25, 0.3) is 0 Å². The maximum Gasteiger partial charge on any atom is 0.0658 e. The summed E-state index contributed by atoms with van der Waals surface area (Å²) in [4.78, 5) is 16.0. The smallest absolute Gasteiger partial charge is 0.0658 e. The van der Waals surface area contributed by atoms with Crippen LogP contribution in [-0.2, 0) is 0 Å². The lowest BCUT2D eigenvalue weighted by Gasteiger charge is -2.04. The Morgan fingerprint density at radius 3 is 1.38 bits per heavy atom. The number of rotatable bonds is 11. The molecule has 3 aromatic rings. The summed E-state index contributed by atoms with van der Waals surface area (Å²) >= 11 is 0. The number of nitrogens with zero attached hydrogens (tertiary/aromatic N) is 2. The van der Waals surface area contributed by atoms with Gasteiger partial charge >= 0.3 is 0 Å². The Morgan fingerprint density at radius 1 is 0.615 bits per heavy atom. The van der Waals surface area contributed by atoms with E-state index in [-0.39, 0.29) is 13.5 Å². The summed E-state index contributed by atoms with van der Waals surface area (Å²) in [6.07, 6.45) is 18.9. The zero-order valence-corrected chi connectivity index (χ0v) is 23.8. The van der Waals surface area contributed by atoms with E-state index in [1.165, 1.54) is 51.4 Å². The minimum atomic E-state index is 0. The molecule has 0 radical (unpaired) electrons. The van der Waals surface area contributed by atoms with E-state index in [2.05, 4.69) is 67.6 Å². The highest BCUT2D eigenvalue weighted by atomic mass is 32.1. The van der Waals surface area contributed by atoms with Gasteiger partial charge in [-0.1, -0.05) is 51.9 Å². The topological polar surface area (TPSA) is 119 Å². The number of fused-ring (bicyclic) bond motifs is 8. The summed E-state index contributed by atoms with van der Waals surface area (Å²) in [5.41, 5.74) is 15.8. The summed E-state index contributed by atoms with van der Waals surface area (Å²) in [6, 6.07) is 16.4. The molecule has 0 atom stereocenters. The van der Waals surface area contributed by atoms with Gasteiger partial charge in [0, 0.05) is 28.6 Å². The molecule has 0 aromatic carbocycles. The molecule has 208 valence electrons. The molecule has 7 N–H and O–H groups in total. The molecule has 0 amide bonds. The summed E-state index contributed by atoms with van der Waals surface area (Å²) in [7, 11) is 0. The van der Waals surface area contributed by atoms with Crippen LogP contribution >= 0.6 is 13.5 Å². The van der Waals surface area contributed by atoms with Crippen molar-refractivity contribution in [1.82, 2.24) is 36.4 Å². The third-order valence-corrected chi connectivity index (χ3v) is 6.36. The second-order valence-electron chi connectivity index (χ2n) is 9.58. The average molecular weight is 547 g/mol. The Kier molecular flexibility index (Phi) is 13.0. The van der Waals surface area contributed by atoms with Gasteiger partial charge < -0.3 is 9.97 Å². The highest BCUT2D eigenvalue weighted by Crippen LogP contribution is 2.17. The largest absolute Gasteiger partial charge is 0.355 e. The van der Waals surface area contributed by atoms with Gasteiger partial charge in [0.2, 0.25) is 0 Å². The van der Waals surface area contributed by atoms with Crippen molar-refractivity contribution < 1.29 is 0 Å². The van der Waals surface area contributed by atoms with Gasteiger partial charge in [-0.25, -0.2) is 15.4 Å². The van der Waals surface area contributed by atoms with Crippen molar-refractivity contribution in [1.29, 1.82) is 0 Å². The molecule has 39 heavy (non-hydrogen) atoms. The lowest BCUT2D eigenvalue weighted by Crippen LogP contribution is -2.47. The van der Waals surface area contributed by atoms with Crippen molar-refractivity contribution >= 4 is 59.9 Å². The minimum absolute atomic E-state index is 0. The maximum absolute atomic E-state index is 5.01. The number of H-pyrrole nitrogens is 2. The number of nitrogens with two attached hydrogens (primary N) is 1. The number of hydrazine groups is 3. The second-order valence-corrected chi connectivity index (χ2v) is 9.58. The average Bonchev–Trinajstić information content (AvgIpc) is 3.72. The predicted molar refractivity (Wildman–Crippen MR) is 170 cm³/mol. The van der Waals surface area contributed by atoms with Crippen LogP contribution in [0.3, 0.4) is 0 Å². The van der Waals surface area contributed by atoms with Gasteiger partial charge in [0.1, 0.15) is 0 Å². The van der Waals surface area contributed by atoms with Crippen molar-refractivity contribution in [2.75, 3.05) is 6.54 Å². The highest BCUT2D eigenvalue weighted by Gasteiger charge is 2.01. The van der Waals surface area contributed by atoms with Gasteiger partial charge in [-0.3, -0.25) is 5.84 Å². The Balaban J connectivity index is 0.000000245. The fraction of sp³-hybridized carbons (Fsp3) is 0.333. The van der Waals surface area contributed by atoms with E-state index in [0.29, 0.717) is 0 Å². The zero-order chi connectivity index (χ0) is 26.4. The van der Waals surface area contributed by atoms with Crippen molar-refractivity contribution in [3.8, 4) is 0 Å². The van der Waals surface area contributed by atoms with Crippen molar-refractivity contribution in [3.05, 3.63) is 71.3 Å². The Morgan fingerprint density at radius 2 is 1.00 bits per heavy atom. The molecule has 2 aliphatic heterocycles. The van der Waals surface area contributed by atoms with Gasteiger partial charge in [-0.05, 0) is 79.3 Å². The fourth-order valence-electron chi connectivity index (χ4n) is 4.40. The molecule has 0 aliphatic carbocycles. The molecule has 2 aliphatic rings. The molecule has 5 rings (SSSR count). The molecule has 8 bridgehead atoms. The Labute approximate surface area is 238 Å². The van der Waals surface area contributed by atoms with Crippen molar-refractivity contribution in [2.45, 2.75) is 58.3 Å². The number of nitrogens with one attached hydrogen (secondary N) is 5. The lowest BCUT2D eigenvalue weighted by molar-refractivity contribution is 0.431. The third-order valence-electron chi connectivity index (χ3n) is 6.36. The van der Waals surface area contributed by atoms with E-state index in [4.69, 9.17) is 5.84 Å². The molecular formula is C30H42N8S. The van der Waals surface area contributed by atoms with E-state index in [9.17, 15) is 0 Å². The number of unbranched alkanes of at least 4 members (excludes halogenated alkanes) is 7. The van der Waals surface area contributed by atoms with Crippen LogP contribution in [0, 0.1) is 0 Å². The third kappa shape index (κ3) is 10.5.